The van der Waals surface area contributed by atoms with Crippen LogP contribution in [0.3, 0.4) is 0 Å². The molecule has 4 aromatic rings. The van der Waals surface area contributed by atoms with E-state index in [0.29, 0.717) is 28.0 Å². The molecule has 0 fully saturated rings. The Balaban J connectivity index is 2.03. The fourth-order valence-electron chi connectivity index (χ4n) is 3.39. The van der Waals surface area contributed by atoms with Crippen LogP contribution in [0.15, 0.2) is 18.5 Å². The molecule has 0 bridgehead atoms. The molecule has 0 radical (unpaired) electrons. The molecule has 0 saturated heterocycles. The van der Waals surface area contributed by atoms with Gasteiger partial charge < -0.3 is 19.1 Å². The average Bonchev–Trinajstić information content (AvgIpc) is 3.43. The third kappa shape index (κ3) is 3.05. The van der Waals surface area contributed by atoms with Gasteiger partial charge in [-0.2, -0.15) is 10.2 Å². The molecule has 3 aromatic heterocycles. The van der Waals surface area contributed by atoms with Crippen LogP contribution in [0.1, 0.15) is 11.9 Å². The van der Waals surface area contributed by atoms with Gasteiger partial charge in [-0.05, 0) is 6.07 Å². The van der Waals surface area contributed by atoms with Crippen LogP contribution in [0.25, 0.3) is 33.5 Å². The summed E-state index contributed by atoms with van der Waals surface area (Å²) in [4.78, 5) is 4.39. The molecule has 29 heavy (non-hydrogen) atoms. The summed E-state index contributed by atoms with van der Waals surface area (Å²) in [5.41, 5.74) is 2.20. The van der Waals surface area contributed by atoms with Crippen molar-refractivity contribution in [3.8, 4) is 28.4 Å². The fraction of sp³-hybridized carbons (Fsp3) is 0.278. The van der Waals surface area contributed by atoms with Crippen molar-refractivity contribution in [3.05, 3.63) is 35.1 Å². The van der Waals surface area contributed by atoms with Gasteiger partial charge in [0.1, 0.15) is 16.9 Å². The summed E-state index contributed by atoms with van der Waals surface area (Å²) in [6.07, 6.45) is 2.31. The molecule has 3 N–H and O–H groups in total. The third-order valence-electron chi connectivity index (χ3n) is 4.68. The van der Waals surface area contributed by atoms with Crippen LogP contribution in [0.4, 0.5) is 4.39 Å². The van der Waals surface area contributed by atoms with E-state index in [1.165, 1.54) is 14.2 Å². The van der Waals surface area contributed by atoms with Gasteiger partial charge in [-0.1, -0.05) is 11.6 Å². The van der Waals surface area contributed by atoms with Gasteiger partial charge in [-0.3, -0.25) is 10.2 Å². The maximum atomic E-state index is 15.1. The number of nitrogens with zero attached hydrogens (tertiary/aromatic N) is 4. The summed E-state index contributed by atoms with van der Waals surface area (Å²) in [6.45, 7) is 0.0441. The number of hydrogen-bond donors (Lipinski definition) is 3. The van der Waals surface area contributed by atoms with Crippen molar-refractivity contribution >= 4 is 22.5 Å². The van der Waals surface area contributed by atoms with Crippen LogP contribution < -0.4 is 4.74 Å². The number of benzene rings is 1. The first-order valence-electron chi connectivity index (χ1n) is 8.61. The second-order valence-corrected chi connectivity index (χ2v) is 6.76. The van der Waals surface area contributed by atoms with Gasteiger partial charge in [0.25, 0.3) is 0 Å². The Bertz CT molecular complexity index is 1170. The number of methoxy groups -OCH3 is 2. The van der Waals surface area contributed by atoms with Crippen molar-refractivity contribution in [1.82, 2.24) is 29.9 Å². The monoisotopic (exact) mass is 420 g/mol. The lowest BCUT2D eigenvalue weighted by atomic mass is 10.0. The van der Waals surface area contributed by atoms with E-state index in [1.54, 1.807) is 30.1 Å². The Morgan fingerprint density at radius 3 is 2.83 bits per heavy atom. The van der Waals surface area contributed by atoms with E-state index in [0.717, 1.165) is 0 Å². The largest absolute Gasteiger partial charge is 0.495 e. The topological polar surface area (TPSA) is 114 Å². The minimum Gasteiger partial charge on any atom is -0.495 e. The minimum absolute atomic E-state index is 0.0441. The molecule has 1 aromatic carbocycles. The van der Waals surface area contributed by atoms with Gasteiger partial charge in [0.15, 0.2) is 17.5 Å². The molecule has 0 saturated carbocycles. The van der Waals surface area contributed by atoms with Gasteiger partial charge >= 0.3 is 0 Å². The van der Waals surface area contributed by atoms with E-state index in [-0.39, 0.29) is 28.7 Å². The Hall–Kier alpha value is -2.95. The number of ether oxygens (including phenoxy) is 2. The molecule has 4 rings (SSSR count). The number of rotatable bonds is 6. The first-order valence-corrected chi connectivity index (χ1v) is 8.98. The van der Waals surface area contributed by atoms with E-state index < -0.39 is 11.9 Å². The van der Waals surface area contributed by atoms with E-state index in [9.17, 15) is 5.11 Å². The lowest BCUT2D eigenvalue weighted by Gasteiger charge is -2.06. The second kappa shape index (κ2) is 7.47. The number of hydrogen-bond acceptors (Lipinski definition) is 6. The van der Waals surface area contributed by atoms with Gasteiger partial charge in [0, 0.05) is 36.9 Å². The summed E-state index contributed by atoms with van der Waals surface area (Å²) in [7, 11) is 4.59. The molecule has 0 aliphatic heterocycles. The van der Waals surface area contributed by atoms with Gasteiger partial charge in [-0.25, -0.2) is 9.37 Å². The molecule has 0 aliphatic rings. The highest BCUT2D eigenvalue weighted by Crippen LogP contribution is 2.44. The molecule has 0 amide bonds. The molecule has 1 atom stereocenters. The van der Waals surface area contributed by atoms with Crippen LogP contribution in [-0.4, -0.2) is 55.9 Å². The Labute approximate surface area is 169 Å². The van der Waals surface area contributed by atoms with Crippen LogP contribution in [-0.2, 0) is 11.8 Å². The lowest BCUT2D eigenvalue weighted by molar-refractivity contribution is 0.0590. The van der Waals surface area contributed by atoms with Crippen molar-refractivity contribution in [3.63, 3.8) is 0 Å². The van der Waals surface area contributed by atoms with Gasteiger partial charge in [0.2, 0.25) is 0 Å². The van der Waals surface area contributed by atoms with Crippen molar-refractivity contribution in [2.24, 2.45) is 7.05 Å². The quantitative estimate of drug-likeness (QED) is 0.442. The maximum Gasteiger partial charge on any atom is 0.181 e. The Kier molecular flexibility index (Phi) is 4.99. The first kappa shape index (κ1) is 19.4. The lowest BCUT2D eigenvalue weighted by Crippen LogP contribution is -2.07. The summed E-state index contributed by atoms with van der Waals surface area (Å²) in [5.74, 6) is 0.117. The number of fused-ring (bicyclic) bond motifs is 1. The van der Waals surface area contributed by atoms with E-state index in [2.05, 4.69) is 25.4 Å². The highest BCUT2D eigenvalue weighted by atomic mass is 35.5. The normalized spacial score (nSPS) is 12.6. The predicted octanol–water partition coefficient (Wildman–Crippen LogP) is 2.83. The molecular weight excluding hydrogens is 403 g/mol. The molecule has 3 heterocycles. The number of halogens is 2. The number of aliphatic hydroxyl groups excluding tert-OH is 1. The van der Waals surface area contributed by atoms with Gasteiger partial charge in [0.05, 0.1) is 31.1 Å². The molecular formula is C18H18ClFN6O3. The van der Waals surface area contributed by atoms with Crippen LogP contribution in [0.5, 0.6) is 5.75 Å². The molecule has 0 spiro atoms. The number of nitrogens with one attached hydrogen (secondary N) is 2. The summed E-state index contributed by atoms with van der Waals surface area (Å²) in [6, 6.07) is 1.67. The van der Waals surface area contributed by atoms with Crippen molar-refractivity contribution in [2.75, 3.05) is 20.8 Å². The standard InChI is InChI=1S/C18H18ClFN6O3/c1-26-15-9(4-11(29-3)13(19)14(15)20)12(8-5-21-22-6-8)16(26)18-23-17(24-25-18)10(27)7-28-2/h4-6,10,27H,7H2,1-3H3,(H,21,22)(H,23,24,25)/t10-/m0/s1. The SMILES string of the molecule is COC[C@H](O)c1n[nH]c(-c2c(-c3cn[nH]c3)c3cc(OC)c(Cl)c(F)c3n2C)n1. The zero-order chi connectivity index (χ0) is 20.7. The van der Waals surface area contributed by atoms with Crippen molar-refractivity contribution in [1.29, 1.82) is 0 Å². The third-order valence-corrected chi connectivity index (χ3v) is 5.03. The smallest absolute Gasteiger partial charge is 0.181 e. The molecule has 152 valence electrons. The predicted molar refractivity (Wildman–Crippen MR) is 104 cm³/mol. The first-order chi connectivity index (χ1) is 14.0. The zero-order valence-corrected chi connectivity index (χ0v) is 16.6. The average molecular weight is 421 g/mol. The van der Waals surface area contributed by atoms with Crippen LogP contribution >= 0.6 is 11.6 Å². The highest BCUT2D eigenvalue weighted by molar-refractivity contribution is 6.33. The van der Waals surface area contributed by atoms with E-state index >= 15 is 4.39 Å². The van der Waals surface area contributed by atoms with Crippen molar-refractivity contribution in [2.45, 2.75) is 6.10 Å². The highest BCUT2D eigenvalue weighted by Gasteiger charge is 2.27. The number of H-pyrrole nitrogens is 2. The fourth-order valence-corrected chi connectivity index (χ4v) is 3.61. The maximum absolute atomic E-state index is 15.1. The second-order valence-electron chi connectivity index (χ2n) is 6.39. The summed E-state index contributed by atoms with van der Waals surface area (Å²) < 4.78 is 26.9. The van der Waals surface area contributed by atoms with Gasteiger partial charge in [-0.15, -0.1) is 0 Å². The summed E-state index contributed by atoms with van der Waals surface area (Å²) >= 11 is 6.14. The van der Waals surface area contributed by atoms with Crippen LogP contribution in [0, 0.1) is 5.82 Å². The molecule has 0 unspecified atom stereocenters. The van der Waals surface area contributed by atoms with E-state index in [1.807, 2.05) is 0 Å². The van der Waals surface area contributed by atoms with E-state index in [4.69, 9.17) is 21.1 Å². The van der Waals surface area contributed by atoms with Crippen molar-refractivity contribution < 1.29 is 19.0 Å². The zero-order valence-electron chi connectivity index (χ0n) is 15.8. The number of aliphatic hydroxyl groups is 1. The number of aromatic amines is 2. The number of aryl methyl sites for hydroxylation is 1. The minimum atomic E-state index is -0.997. The summed E-state index contributed by atoms with van der Waals surface area (Å²) in [5, 5.41) is 24.2. The van der Waals surface area contributed by atoms with Crippen LogP contribution in [0.2, 0.25) is 5.02 Å². The number of aromatic nitrogens is 6. The molecule has 9 nitrogen and oxygen atoms in total. The Morgan fingerprint density at radius 2 is 2.17 bits per heavy atom. The molecule has 0 aliphatic carbocycles. The Morgan fingerprint density at radius 1 is 1.38 bits per heavy atom. The molecule has 11 heteroatoms.